The highest BCUT2D eigenvalue weighted by Crippen LogP contribution is 2.29. The average Bonchev–Trinajstić information content (AvgIpc) is 3.24. The number of benzene rings is 1. The molecule has 0 saturated carbocycles. The van der Waals surface area contributed by atoms with Crippen LogP contribution in [0, 0.1) is 5.92 Å². The van der Waals surface area contributed by atoms with Crippen LogP contribution in [0.4, 0.5) is 0 Å². The number of aromatic nitrogens is 1. The van der Waals surface area contributed by atoms with Crippen LogP contribution in [0.3, 0.4) is 0 Å². The number of nitrogens with zero attached hydrogens (tertiary/aromatic N) is 2. The van der Waals surface area contributed by atoms with Gasteiger partial charge in [0.1, 0.15) is 11.8 Å². The molecule has 4 nitrogen and oxygen atoms in total. The summed E-state index contributed by atoms with van der Waals surface area (Å²) in [6.07, 6.45) is 2.88. The van der Waals surface area contributed by atoms with Crippen molar-refractivity contribution in [2.45, 2.75) is 32.3 Å². The Labute approximate surface area is 143 Å². The van der Waals surface area contributed by atoms with E-state index in [-0.39, 0.29) is 18.3 Å². The maximum Gasteiger partial charge on any atom is 0.166 e. The van der Waals surface area contributed by atoms with Crippen molar-refractivity contribution < 1.29 is 9.63 Å². The SMILES string of the molecule is CC[C@H](CN1CCCC1)[C@H](O)c1cc(-c2ccccc2)no1.Cl. The number of halogens is 1. The molecule has 2 atom stereocenters. The predicted molar refractivity (Wildman–Crippen MR) is 93.6 cm³/mol. The van der Waals surface area contributed by atoms with E-state index in [4.69, 9.17) is 4.52 Å². The molecule has 126 valence electrons. The zero-order valence-electron chi connectivity index (χ0n) is 13.5. The van der Waals surface area contributed by atoms with Crippen LogP contribution in [0.25, 0.3) is 11.3 Å². The summed E-state index contributed by atoms with van der Waals surface area (Å²) in [6.45, 7) is 5.35. The van der Waals surface area contributed by atoms with Gasteiger partial charge in [0.15, 0.2) is 5.76 Å². The quantitative estimate of drug-likeness (QED) is 0.868. The minimum atomic E-state index is -0.587. The molecule has 0 spiro atoms. The molecule has 2 aromatic rings. The van der Waals surface area contributed by atoms with Crippen molar-refractivity contribution in [1.82, 2.24) is 10.1 Å². The molecule has 23 heavy (non-hydrogen) atoms. The highest BCUT2D eigenvalue weighted by molar-refractivity contribution is 5.85. The Morgan fingerprint density at radius 3 is 2.57 bits per heavy atom. The van der Waals surface area contributed by atoms with Crippen molar-refractivity contribution in [2.75, 3.05) is 19.6 Å². The van der Waals surface area contributed by atoms with Crippen molar-refractivity contribution in [3.05, 3.63) is 42.2 Å². The van der Waals surface area contributed by atoms with E-state index >= 15 is 0 Å². The van der Waals surface area contributed by atoms with Crippen molar-refractivity contribution >= 4 is 12.4 Å². The lowest BCUT2D eigenvalue weighted by Crippen LogP contribution is -2.29. The van der Waals surface area contributed by atoms with E-state index in [1.165, 1.54) is 12.8 Å². The average molecular weight is 337 g/mol. The molecular formula is C18H25ClN2O2. The molecule has 3 rings (SSSR count). The fraction of sp³-hybridized carbons (Fsp3) is 0.500. The molecule has 1 fully saturated rings. The third-order valence-corrected chi connectivity index (χ3v) is 4.55. The van der Waals surface area contributed by atoms with E-state index in [1.54, 1.807) is 0 Å². The molecule has 0 amide bonds. The number of hydrogen-bond donors (Lipinski definition) is 1. The Balaban J connectivity index is 0.00000192. The van der Waals surface area contributed by atoms with E-state index in [9.17, 15) is 5.11 Å². The number of rotatable bonds is 6. The van der Waals surface area contributed by atoms with E-state index < -0.39 is 6.10 Å². The topological polar surface area (TPSA) is 49.5 Å². The molecule has 0 radical (unpaired) electrons. The van der Waals surface area contributed by atoms with Crippen LogP contribution in [0.5, 0.6) is 0 Å². The second-order valence-corrected chi connectivity index (χ2v) is 6.10. The number of likely N-dealkylation sites (tertiary alicyclic amines) is 1. The highest BCUT2D eigenvalue weighted by atomic mass is 35.5. The largest absolute Gasteiger partial charge is 0.385 e. The molecule has 1 aliphatic rings. The molecule has 1 N–H and O–H groups in total. The summed E-state index contributed by atoms with van der Waals surface area (Å²) in [7, 11) is 0. The van der Waals surface area contributed by atoms with Crippen LogP contribution >= 0.6 is 12.4 Å². The number of aliphatic hydroxyl groups excluding tert-OH is 1. The Bertz CT molecular complexity index is 582. The number of hydrogen-bond acceptors (Lipinski definition) is 4. The first-order chi connectivity index (χ1) is 10.8. The first-order valence-electron chi connectivity index (χ1n) is 8.20. The Kier molecular flexibility index (Phi) is 6.63. The molecule has 2 heterocycles. The van der Waals surface area contributed by atoms with Gasteiger partial charge in [0, 0.05) is 24.1 Å². The summed E-state index contributed by atoms with van der Waals surface area (Å²) in [4.78, 5) is 2.44. The van der Waals surface area contributed by atoms with Gasteiger partial charge in [0.25, 0.3) is 0 Å². The van der Waals surface area contributed by atoms with Gasteiger partial charge in [-0.3, -0.25) is 0 Å². The molecule has 1 saturated heterocycles. The fourth-order valence-electron chi connectivity index (χ4n) is 3.16. The van der Waals surface area contributed by atoms with Gasteiger partial charge < -0.3 is 14.5 Å². The first-order valence-corrected chi connectivity index (χ1v) is 8.20. The van der Waals surface area contributed by atoms with Crippen LogP contribution in [0.15, 0.2) is 40.9 Å². The lowest BCUT2D eigenvalue weighted by Gasteiger charge is -2.25. The molecule has 1 aromatic carbocycles. The summed E-state index contributed by atoms with van der Waals surface area (Å²) in [5.41, 5.74) is 1.79. The van der Waals surface area contributed by atoms with E-state index in [1.807, 2.05) is 36.4 Å². The highest BCUT2D eigenvalue weighted by Gasteiger charge is 2.26. The zero-order valence-corrected chi connectivity index (χ0v) is 14.3. The summed E-state index contributed by atoms with van der Waals surface area (Å²) in [5, 5.41) is 14.7. The lowest BCUT2D eigenvalue weighted by molar-refractivity contribution is 0.0587. The summed E-state index contributed by atoms with van der Waals surface area (Å²) in [6, 6.07) is 11.8. The van der Waals surface area contributed by atoms with Gasteiger partial charge >= 0.3 is 0 Å². The third-order valence-electron chi connectivity index (χ3n) is 4.55. The van der Waals surface area contributed by atoms with Gasteiger partial charge in [-0.1, -0.05) is 42.4 Å². The molecule has 0 aliphatic carbocycles. The van der Waals surface area contributed by atoms with Gasteiger partial charge in [0.2, 0.25) is 0 Å². The van der Waals surface area contributed by atoms with Gasteiger partial charge in [-0.05, 0) is 32.4 Å². The van der Waals surface area contributed by atoms with Gasteiger partial charge in [-0.25, -0.2) is 0 Å². The van der Waals surface area contributed by atoms with E-state index in [0.717, 1.165) is 37.3 Å². The van der Waals surface area contributed by atoms with Crippen molar-refractivity contribution in [3.63, 3.8) is 0 Å². The van der Waals surface area contributed by atoms with Crippen LogP contribution in [-0.4, -0.2) is 34.8 Å². The van der Waals surface area contributed by atoms with Gasteiger partial charge in [0.05, 0.1) is 0 Å². The maximum absolute atomic E-state index is 10.6. The van der Waals surface area contributed by atoms with Crippen LogP contribution in [0.1, 0.15) is 38.1 Å². The predicted octanol–water partition coefficient (Wildman–Crippen LogP) is 3.92. The summed E-state index contributed by atoms with van der Waals surface area (Å²) < 4.78 is 5.41. The fourth-order valence-corrected chi connectivity index (χ4v) is 3.16. The zero-order chi connectivity index (χ0) is 15.4. The van der Waals surface area contributed by atoms with Crippen molar-refractivity contribution in [1.29, 1.82) is 0 Å². The second-order valence-electron chi connectivity index (χ2n) is 6.10. The molecule has 5 heteroatoms. The normalized spacial score (nSPS) is 17.7. The van der Waals surface area contributed by atoms with Crippen LogP contribution in [0.2, 0.25) is 0 Å². The van der Waals surface area contributed by atoms with E-state index in [0.29, 0.717) is 5.76 Å². The molecule has 1 aliphatic heterocycles. The van der Waals surface area contributed by atoms with Crippen LogP contribution in [-0.2, 0) is 0 Å². The van der Waals surface area contributed by atoms with Crippen molar-refractivity contribution in [3.8, 4) is 11.3 Å². The standard InChI is InChI=1S/C18H24N2O2.ClH/c1-2-14(13-20-10-6-7-11-20)18(21)17-12-16(19-22-17)15-8-4-3-5-9-15;/h3-5,8-9,12,14,18,21H,2,6-7,10-11,13H2,1H3;1H/t14-,18+;/m1./s1. The summed E-state index contributed by atoms with van der Waals surface area (Å²) in [5.74, 6) is 0.763. The minimum Gasteiger partial charge on any atom is -0.385 e. The Morgan fingerprint density at radius 1 is 1.22 bits per heavy atom. The molecule has 0 bridgehead atoms. The monoisotopic (exact) mass is 336 g/mol. The number of aliphatic hydroxyl groups is 1. The smallest absolute Gasteiger partial charge is 0.166 e. The second kappa shape index (κ2) is 8.48. The molecule has 0 unspecified atom stereocenters. The molecule has 1 aromatic heterocycles. The van der Waals surface area contributed by atoms with Crippen LogP contribution < -0.4 is 0 Å². The van der Waals surface area contributed by atoms with Gasteiger partial charge in [-0.15, -0.1) is 12.4 Å². The third kappa shape index (κ3) is 4.34. The van der Waals surface area contributed by atoms with Gasteiger partial charge in [-0.2, -0.15) is 0 Å². The van der Waals surface area contributed by atoms with Crippen molar-refractivity contribution in [2.24, 2.45) is 5.92 Å². The molecular weight excluding hydrogens is 312 g/mol. The summed E-state index contributed by atoms with van der Waals surface area (Å²) >= 11 is 0. The first kappa shape index (κ1) is 18.0. The minimum absolute atomic E-state index is 0. The lowest BCUT2D eigenvalue weighted by atomic mass is 9.96. The maximum atomic E-state index is 10.6. The Morgan fingerprint density at radius 2 is 1.91 bits per heavy atom. The Hall–Kier alpha value is -1.36. The van der Waals surface area contributed by atoms with E-state index in [2.05, 4.69) is 17.0 Å².